The van der Waals surface area contributed by atoms with Crippen molar-refractivity contribution in [3.8, 4) is 0 Å². The molecule has 1 heteroatoms. The highest BCUT2D eigenvalue weighted by atomic mass is 14.9. The van der Waals surface area contributed by atoms with Crippen LogP contribution in [0.25, 0.3) is 27.2 Å². The lowest BCUT2D eigenvalue weighted by molar-refractivity contribution is -0.480. The summed E-state index contributed by atoms with van der Waals surface area (Å²) in [6.07, 6.45) is 4.53. The predicted octanol–water partition coefficient (Wildman–Crippen LogP) is 5.13. The minimum Gasteiger partial charge on any atom is -0.159 e. The Hall–Kier alpha value is -2.41. The van der Waals surface area contributed by atoms with E-state index in [0.29, 0.717) is 0 Å². The standard InChI is InChI=1S/C23H22N/c1-23(2,3)19-9-10-20-18(14-19)13-17-8-7-15-5-4-6-16-11-12-24(20)22(17)21(15)16/h4-6,9-14H,7-8H2,1-3H3/q+1. The minimum atomic E-state index is 0.182. The highest BCUT2D eigenvalue weighted by Gasteiger charge is 2.24. The van der Waals surface area contributed by atoms with Crippen molar-refractivity contribution in [2.24, 2.45) is 0 Å². The highest BCUT2D eigenvalue weighted by molar-refractivity contribution is 6.00. The molecule has 118 valence electrons. The lowest BCUT2D eigenvalue weighted by atomic mass is 9.85. The number of rotatable bonds is 0. The maximum Gasteiger partial charge on any atom is 0.222 e. The number of hydrogen-bond acceptors (Lipinski definition) is 0. The molecule has 4 aromatic rings. The van der Waals surface area contributed by atoms with E-state index in [-0.39, 0.29) is 5.41 Å². The van der Waals surface area contributed by atoms with E-state index in [0.717, 1.165) is 12.8 Å². The van der Waals surface area contributed by atoms with Crippen LogP contribution in [0.5, 0.6) is 0 Å². The molecule has 1 aliphatic carbocycles. The predicted molar refractivity (Wildman–Crippen MR) is 101 cm³/mol. The Morgan fingerprint density at radius 1 is 0.833 bits per heavy atom. The number of benzene rings is 2. The lowest BCUT2D eigenvalue weighted by Gasteiger charge is -2.20. The first-order valence-corrected chi connectivity index (χ1v) is 8.84. The molecule has 0 unspecified atom stereocenters. The van der Waals surface area contributed by atoms with Gasteiger partial charge in [-0.05, 0) is 46.9 Å². The molecule has 24 heavy (non-hydrogen) atoms. The number of hydrogen-bond donors (Lipinski definition) is 0. The molecule has 0 N–H and O–H groups in total. The second-order valence-electron chi connectivity index (χ2n) is 8.11. The van der Waals surface area contributed by atoms with Crippen LogP contribution >= 0.6 is 0 Å². The highest BCUT2D eigenvalue weighted by Crippen LogP contribution is 2.33. The van der Waals surface area contributed by atoms with Crippen molar-refractivity contribution in [1.82, 2.24) is 0 Å². The molecule has 0 atom stereocenters. The monoisotopic (exact) mass is 312 g/mol. The van der Waals surface area contributed by atoms with Gasteiger partial charge in [0, 0.05) is 23.1 Å². The van der Waals surface area contributed by atoms with Gasteiger partial charge in [0.25, 0.3) is 0 Å². The Morgan fingerprint density at radius 2 is 1.67 bits per heavy atom. The third kappa shape index (κ3) is 1.84. The van der Waals surface area contributed by atoms with Gasteiger partial charge in [0.1, 0.15) is 0 Å². The molecule has 0 aliphatic heterocycles. The average molecular weight is 312 g/mol. The van der Waals surface area contributed by atoms with Crippen LogP contribution in [0.4, 0.5) is 0 Å². The largest absolute Gasteiger partial charge is 0.222 e. The third-order valence-corrected chi connectivity index (χ3v) is 5.51. The molecule has 1 aliphatic rings. The van der Waals surface area contributed by atoms with E-state index >= 15 is 0 Å². The first-order chi connectivity index (χ1) is 11.5. The van der Waals surface area contributed by atoms with Gasteiger partial charge in [0.05, 0.1) is 5.39 Å². The van der Waals surface area contributed by atoms with Crippen LogP contribution in [0.15, 0.2) is 54.7 Å². The Balaban J connectivity index is 1.96. The SMILES string of the molecule is CC(C)(C)c1ccc2c(c1)cc1c3c4c(cccc4cc[n+]23)CC1. The first kappa shape index (κ1) is 14.0. The second kappa shape index (κ2) is 4.57. The Labute approximate surface area is 142 Å². The lowest BCUT2D eigenvalue weighted by Crippen LogP contribution is -2.26. The van der Waals surface area contributed by atoms with E-state index in [2.05, 4.69) is 79.9 Å². The number of fused-ring (bicyclic) bond motifs is 2. The summed E-state index contributed by atoms with van der Waals surface area (Å²) >= 11 is 0. The molecule has 0 fully saturated rings. The van der Waals surface area contributed by atoms with Crippen LogP contribution < -0.4 is 4.40 Å². The van der Waals surface area contributed by atoms with Crippen molar-refractivity contribution >= 4 is 27.2 Å². The molecule has 0 spiro atoms. The molecule has 0 radical (unpaired) electrons. The summed E-state index contributed by atoms with van der Waals surface area (Å²) in [5.74, 6) is 0. The normalized spacial score (nSPS) is 14.1. The summed E-state index contributed by atoms with van der Waals surface area (Å²) in [5.41, 5.74) is 7.27. The molecular formula is C23H22N+. The van der Waals surface area contributed by atoms with Gasteiger partial charge in [-0.15, -0.1) is 0 Å². The van der Waals surface area contributed by atoms with Gasteiger partial charge in [0.15, 0.2) is 6.20 Å². The molecule has 0 amide bonds. The van der Waals surface area contributed by atoms with E-state index in [1.807, 2.05) is 0 Å². The molecule has 2 heterocycles. The molecule has 2 aromatic carbocycles. The fraction of sp³-hybridized carbons (Fsp3) is 0.261. The zero-order valence-corrected chi connectivity index (χ0v) is 14.6. The molecule has 0 saturated carbocycles. The topological polar surface area (TPSA) is 4.10 Å². The Bertz CT molecular complexity index is 1130. The van der Waals surface area contributed by atoms with Crippen molar-refractivity contribution in [3.63, 3.8) is 0 Å². The van der Waals surface area contributed by atoms with Gasteiger partial charge in [-0.1, -0.05) is 45.0 Å². The number of pyridine rings is 2. The van der Waals surface area contributed by atoms with Gasteiger partial charge < -0.3 is 0 Å². The van der Waals surface area contributed by atoms with Crippen molar-refractivity contribution in [3.05, 3.63) is 71.4 Å². The van der Waals surface area contributed by atoms with Gasteiger partial charge in [-0.25, -0.2) is 0 Å². The van der Waals surface area contributed by atoms with Crippen LogP contribution in [-0.4, -0.2) is 0 Å². The molecule has 0 bridgehead atoms. The van der Waals surface area contributed by atoms with Crippen LogP contribution in [-0.2, 0) is 18.3 Å². The Kier molecular flexibility index (Phi) is 2.66. The van der Waals surface area contributed by atoms with Gasteiger partial charge in [0.2, 0.25) is 11.0 Å². The van der Waals surface area contributed by atoms with E-state index < -0.39 is 0 Å². The average Bonchev–Trinajstić information content (AvgIpc) is 2.58. The van der Waals surface area contributed by atoms with E-state index in [4.69, 9.17) is 0 Å². The van der Waals surface area contributed by atoms with Crippen molar-refractivity contribution < 1.29 is 4.40 Å². The maximum absolute atomic E-state index is 2.43. The zero-order chi connectivity index (χ0) is 16.5. The molecule has 0 saturated heterocycles. The van der Waals surface area contributed by atoms with Gasteiger partial charge in [-0.2, -0.15) is 4.40 Å². The summed E-state index contributed by atoms with van der Waals surface area (Å²) in [6, 6.07) is 18.4. The quantitative estimate of drug-likeness (QED) is 0.313. The smallest absolute Gasteiger partial charge is 0.159 e. The Morgan fingerprint density at radius 3 is 2.50 bits per heavy atom. The summed E-state index contributed by atoms with van der Waals surface area (Å²) in [6.45, 7) is 6.85. The number of nitrogens with zero attached hydrogens (tertiary/aromatic N) is 1. The second-order valence-corrected chi connectivity index (χ2v) is 8.11. The van der Waals surface area contributed by atoms with Gasteiger partial charge >= 0.3 is 0 Å². The van der Waals surface area contributed by atoms with Crippen molar-refractivity contribution in [2.45, 2.75) is 39.0 Å². The van der Waals surface area contributed by atoms with Crippen LogP contribution in [0.1, 0.15) is 37.5 Å². The zero-order valence-electron chi connectivity index (χ0n) is 14.6. The van der Waals surface area contributed by atoms with E-state index in [9.17, 15) is 0 Å². The van der Waals surface area contributed by atoms with Gasteiger partial charge in [-0.3, -0.25) is 0 Å². The van der Waals surface area contributed by atoms with Crippen molar-refractivity contribution in [1.29, 1.82) is 0 Å². The number of aryl methyl sites for hydroxylation is 2. The van der Waals surface area contributed by atoms with Crippen LogP contribution in [0, 0.1) is 0 Å². The fourth-order valence-electron chi connectivity index (χ4n) is 4.19. The first-order valence-electron chi connectivity index (χ1n) is 8.84. The third-order valence-electron chi connectivity index (χ3n) is 5.51. The maximum atomic E-state index is 2.43. The summed E-state index contributed by atoms with van der Waals surface area (Å²) in [5, 5.41) is 4.16. The summed E-state index contributed by atoms with van der Waals surface area (Å²) in [4.78, 5) is 0. The number of aromatic nitrogens is 1. The molecule has 5 rings (SSSR count). The summed E-state index contributed by atoms with van der Waals surface area (Å²) < 4.78 is 2.40. The summed E-state index contributed by atoms with van der Waals surface area (Å²) in [7, 11) is 0. The van der Waals surface area contributed by atoms with Crippen LogP contribution in [0.3, 0.4) is 0 Å². The van der Waals surface area contributed by atoms with Crippen LogP contribution in [0.2, 0.25) is 0 Å². The minimum absolute atomic E-state index is 0.182. The molecule has 2 aromatic heterocycles. The molecule has 1 nitrogen and oxygen atoms in total. The molecular weight excluding hydrogens is 290 g/mol. The van der Waals surface area contributed by atoms with E-state index in [1.165, 1.54) is 43.9 Å². The fourth-order valence-corrected chi connectivity index (χ4v) is 4.19. The van der Waals surface area contributed by atoms with Crippen molar-refractivity contribution in [2.75, 3.05) is 0 Å². The van der Waals surface area contributed by atoms with E-state index in [1.54, 1.807) is 0 Å².